The summed E-state index contributed by atoms with van der Waals surface area (Å²) in [5, 5.41) is 0.575. The Balaban J connectivity index is 1.57. The molecule has 2 fully saturated rings. The van der Waals surface area contributed by atoms with Gasteiger partial charge in [0, 0.05) is 29.8 Å². The number of rotatable bonds is 6. The highest BCUT2D eigenvalue weighted by Crippen LogP contribution is 2.40. The first kappa shape index (κ1) is 21.0. The van der Waals surface area contributed by atoms with Crippen LogP contribution in [0, 0.1) is 6.92 Å². The summed E-state index contributed by atoms with van der Waals surface area (Å²) in [6, 6.07) is 6.35. The summed E-state index contributed by atoms with van der Waals surface area (Å²) in [6.45, 7) is 9.53. The van der Waals surface area contributed by atoms with Crippen LogP contribution in [0.1, 0.15) is 69.4 Å². The highest BCUT2D eigenvalue weighted by molar-refractivity contribution is 8.00. The SMILES string of the molecule is CCCN1CCCCC1N(CC1CCCS1)C(=O)C1Oc2cc(C)ccc2C1C. The Bertz CT molecular complexity index is 717. The molecule has 4 unspecified atom stereocenters. The number of thioether (sulfide) groups is 1. The molecule has 3 heterocycles. The van der Waals surface area contributed by atoms with Crippen molar-refractivity contribution in [1.82, 2.24) is 9.80 Å². The fourth-order valence-corrected chi connectivity index (χ4v) is 6.46. The molecular weight excluding hydrogens is 380 g/mol. The molecule has 1 amide bonds. The van der Waals surface area contributed by atoms with Crippen molar-refractivity contribution in [3.8, 4) is 5.75 Å². The van der Waals surface area contributed by atoms with Crippen LogP contribution in [-0.4, -0.2) is 58.6 Å². The first-order valence-corrected chi connectivity index (χ1v) is 12.6. The molecule has 4 atom stereocenters. The second-order valence-electron chi connectivity index (χ2n) is 9.01. The van der Waals surface area contributed by atoms with E-state index < -0.39 is 0 Å². The smallest absolute Gasteiger partial charge is 0.265 e. The van der Waals surface area contributed by atoms with Gasteiger partial charge >= 0.3 is 0 Å². The number of hydrogen-bond donors (Lipinski definition) is 0. The molecule has 1 aromatic rings. The minimum absolute atomic E-state index is 0.111. The van der Waals surface area contributed by atoms with E-state index in [-0.39, 0.29) is 24.1 Å². The molecule has 4 nitrogen and oxygen atoms in total. The summed E-state index contributed by atoms with van der Waals surface area (Å²) < 4.78 is 6.28. The normalized spacial score (nSPS) is 29.5. The lowest BCUT2D eigenvalue weighted by molar-refractivity contribution is -0.147. The van der Waals surface area contributed by atoms with E-state index in [1.165, 1.54) is 42.6 Å². The maximum atomic E-state index is 13.9. The van der Waals surface area contributed by atoms with Crippen LogP contribution in [-0.2, 0) is 4.79 Å². The Morgan fingerprint density at radius 3 is 2.90 bits per heavy atom. The van der Waals surface area contributed by atoms with Crippen molar-refractivity contribution >= 4 is 17.7 Å². The molecule has 1 aromatic carbocycles. The average molecular weight is 417 g/mol. The van der Waals surface area contributed by atoms with Gasteiger partial charge in [-0.2, -0.15) is 11.8 Å². The molecule has 5 heteroatoms. The van der Waals surface area contributed by atoms with Gasteiger partial charge in [0.15, 0.2) is 6.10 Å². The Morgan fingerprint density at radius 2 is 2.14 bits per heavy atom. The maximum absolute atomic E-state index is 13.9. The molecule has 3 aliphatic heterocycles. The third-order valence-corrected chi connectivity index (χ3v) is 8.15. The molecule has 0 N–H and O–H groups in total. The predicted octanol–water partition coefficient (Wildman–Crippen LogP) is 4.81. The molecule has 0 spiro atoms. The number of likely N-dealkylation sites (tertiary alicyclic amines) is 1. The summed E-state index contributed by atoms with van der Waals surface area (Å²) in [6.07, 6.45) is 7.05. The lowest BCUT2D eigenvalue weighted by Crippen LogP contribution is -2.57. The van der Waals surface area contributed by atoms with Gasteiger partial charge in [-0.1, -0.05) is 26.0 Å². The van der Waals surface area contributed by atoms with E-state index in [4.69, 9.17) is 4.74 Å². The molecule has 0 radical (unpaired) electrons. The van der Waals surface area contributed by atoms with Crippen molar-refractivity contribution in [2.75, 3.05) is 25.4 Å². The van der Waals surface area contributed by atoms with Gasteiger partial charge in [0.05, 0.1) is 6.17 Å². The van der Waals surface area contributed by atoms with Crippen LogP contribution < -0.4 is 4.74 Å². The van der Waals surface area contributed by atoms with Crippen LogP contribution in [0.2, 0.25) is 0 Å². The van der Waals surface area contributed by atoms with E-state index >= 15 is 0 Å². The third kappa shape index (κ3) is 4.46. The monoisotopic (exact) mass is 416 g/mol. The van der Waals surface area contributed by atoms with Gasteiger partial charge < -0.3 is 9.64 Å². The first-order valence-electron chi connectivity index (χ1n) is 11.5. The van der Waals surface area contributed by atoms with Gasteiger partial charge in [0.25, 0.3) is 5.91 Å². The van der Waals surface area contributed by atoms with Crippen LogP contribution in [0.25, 0.3) is 0 Å². The topological polar surface area (TPSA) is 32.8 Å². The van der Waals surface area contributed by atoms with E-state index in [0.29, 0.717) is 5.25 Å². The van der Waals surface area contributed by atoms with Crippen molar-refractivity contribution in [3.63, 3.8) is 0 Å². The zero-order valence-corrected chi connectivity index (χ0v) is 19.0. The fourth-order valence-electron chi connectivity index (χ4n) is 5.19. The van der Waals surface area contributed by atoms with Gasteiger partial charge in [-0.25, -0.2) is 0 Å². The summed E-state index contributed by atoms with van der Waals surface area (Å²) in [7, 11) is 0. The van der Waals surface area contributed by atoms with Crippen molar-refractivity contribution in [3.05, 3.63) is 29.3 Å². The lowest BCUT2D eigenvalue weighted by atomic mass is 9.95. The molecule has 29 heavy (non-hydrogen) atoms. The molecular formula is C24H36N2O2S. The summed E-state index contributed by atoms with van der Waals surface area (Å²) in [4.78, 5) is 18.7. The van der Waals surface area contributed by atoms with Gasteiger partial charge in [-0.05, 0) is 69.4 Å². The largest absolute Gasteiger partial charge is 0.480 e. The Kier molecular flexibility index (Phi) is 6.75. The molecule has 0 bridgehead atoms. The van der Waals surface area contributed by atoms with E-state index in [0.717, 1.165) is 38.2 Å². The fraction of sp³-hybridized carbons (Fsp3) is 0.708. The molecule has 3 aliphatic rings. The molecule has 0 aliphatic carbocycles. The Morgan fingerprint density at radius 1 is 1.28 bits per heavy atom. The number of benzene rings is 1. The van der Waals surface area contributed by atoms with Crippen molar-refractivity contribution < 1.29 is 9.53 Å². The van der Waals surface area contributed by atoms with Gasteiger partial charge in [-0.3, -0.25) is 9.69 Å². The quantitative estimate of drug-likeness (QED) is 0.666. The number of nitrogens with zero attached hydrogens (tertiary/aromatic N) is 2. The van der Waals surface area contributed by atoms with Crippen molar-refractivity contribution in [2.45, 2.75) is 82.7 Å². The molecule has 4 rings (SSSR count). The van der Waals surface area contributed by atoms with Gasteiger partial charge in [-0.15, -0.1) is 0 Å². The predicted molar refractivity (Wildman–Crippen MR) is 121 cm³/mol. The minimum atomic E-state index is -0.386. The third-order valence-electron chi connectivity index (χ3n) is 6.77. The number of carbonyl (C=O) groups is 1. The summed E-state index contributed by atoms with van der Waals surface area (Å²) in [5.41, 5.74) is 2.36. The van der Waals surface area contributed by atoms with Crippen LogP contribution in [0.3, 0.4) is 0 Å². The number of hydrogen-bond acceptors (Lipinski definition) is 4. The Labute approximate surface area is 180 Å². The zero-order chi connectivity index (χ0) is 20.4. The number of aryl methyl sites for hydroxylation is 1. The maximum Gasteiger partial charge on any atom is 0.265 e. The van der Waals surface area contributed by atoms with E-state index in [2.05, 4.69) is 48.8 Å². The number of amides is 1. The van der Waals surface area contributed by atoms with Crippen LogP contribution in [0.15, 0.2) is 18.2 Å². The lowest BCUT2D eigenvalue weighted by Gasteiger charge is -2.44. The Hall–Kier alpha value is -1.20. The first-order chi connectivity index (χ1) is 14.1. The minimum Gasteiger partial charge on any atom is -0.480 e. The number of ether oxygens (including phenoxy) is 1. The number of piperidine rings is 1. The van der Waals surface area contributed by atoms with E-state index in [1.54, 1.807) is 0 Å². The van der Waals surface area contributed by atoms with E-state index in [1.807, 2.05) is 11.8 Å². The number of carbonyl (C=O) groups excluding carboxylic acids is 1. The van der Waals surface area contributed by atoms with Gasteiger partial charge in [0.1, 0.15) is 5.75 Å². The molecule has 2 saturated heterocycles. The highest BCUT2D eigenvalue weighted by Gasteiger charge is 2.42. The van der Waals surface area contributed by atoms with Crippen molar-refractivity contribution in [2.24, 2.45) is 0 Å². The van der Waals surface area contributed by atoms with Crippen molar-refractivity contribution in [1.29, 1.82) is 0 Å². The molecule has 160 valence electrons. The standard InChI is InChI=1S/C24H36N2O2S/c1-4-12-25-13-6-5-9-22(25)26(16-19-8-7-14-29-19)24(27)23-18(3)20-11-10-17(2)15-21(20)28-23/h10-11,15,18-19,22-23H,4-9,12-14,16H2,1-3H3. The molecule has 0 aromatic heterocycles. The summed E-state index contributed by atoms with van der Waals surface area (Å²) in [5.74, 6) is 2.45. The van der Waals surface area contributed by atoms with Crippen LogP contribution in [0.4, 0.5) is 0 Å². The second kappa shape index (κ2) is 9.30. The highest BCUT2D eigenvalue weighted by atomic mass is 32.2. The molecule has 0 saturated carbocycles. The van der Waals surface area contributed by atoms with E-state index in [9.17, 15) is 4.79 Å². The van der Waals surface area contributed by atoms with Gasteiger partial charge in [0.2, 0.25) is 0 Å². The summed E-state index contributed by atoms with van der Waals surface area (Å²) >= 11 is 2.05. The second-order valence-corrected chi connectivity index (χ2v) is 10.4. The average Bonchev–Trinajstić information content (AvgIpc) is 3.34. The van der Waals surface area contributed by atoms with Crippen LogP contribution in [0.5, 0.6) is 5.75 Å². The number of fused-ring (bicyclic) bond motifs is 1. The van der Waals surface area contributed by atoms with Crippen LogP contribution >= 0.6 is 11.8 Å². The zero-order valence-electron chi connectivity index (χ0n) is 18.2.